The average molecular weight is 577 g/mol. The normalized spacial score (nSPS) is 17.5. The molecule has 0 saturated carbocycles. The first-order chi connectivity index (χ1) is 17.2. The van der Waals surface area contributed by atoms with Gasteiger partial charge in [-0.15, -0.1) is 0 Å². The first-order valence-electron chi connectivity index (χ1n) is 11.2. The Bertz CT molecular complexity index is 1400. The van der Waals surface area contributed by atoms with Crippen LogP contribution >= 0.6 is 11.6 Å². The third kappa shape index (κ3) is 6.67. The van der Waals surface area contributed by atoms with Crippen LogP contribution in [-0.4, -0.2) is 65.2 Å². The number of sulfonamides is 1. The number of halogens is 3. The number of sulfone groups is 1. The molecule has 2 aromatic carbocycles. The van der Waals surface area contributed by atoms with Gasteiger partial charge in [0.05, 0.1) is 17.0 Å². The van der Waals surface area contributed by atoms with Crippen molar-refractivity contribution in [3.8, 4) is 16.9 Å². The molecule has 1 atom stereocenters. The third-order valence-corrected chi connectivity index (χ3v) is 8.86. The molecule has 1 saturated heterocycles. The highest BCUT2D eigenvalue weighted by molar-refractivity contribution is 7.93. The average Bonchev–Trinajstić information content (AvgIpc) is 2.82. The number of benzene rings is 2. The lowest BCUT2D eigenvalue weighted by Crippen LogP contribution is -2.53. The largest absolute Gasteiger partial charge is 0.497 e. The fourth-order valence-electron chi connectivity index (χ4n) is 3.90. The maximum absolute atomic E-state index is 15.5. The lowest BCUT2D eigenvalue weighted by atomic mass is 9.93. The van der Waals surface area contributed by atoms with Crippen LogP contribution in [-0.2, 0) is 24.7 Å². The molecule has 0 spiro atoms. The van der Waals surface area contributed by atoms with Crippen molar-refractivity contribution in [3.63, 3.8) is 0 Å². The van der Waals surface area contributed by atoms with E-state index in [4.69, 9.17) is 16.3 Å². The number of piperidine rings is 1. The summed E-state index contributed by atoms with van der Waals surface area (Å²) in [6.07, 6.45) is 1.35. The molecule has 1 aliphatic heterocycles. The topological polar surface area (TPSA) is 110 Å². The number of hydrogen-bond acceptors (Lipinski definition) is 6. The number of alkyl halides is 1. The number of ether oxygens (including phenoxy) is 1. The molecule has 0 aromatic heterocycles. The Morgan fingerprint density at radius 2 is 1.84 bits per heavy atom. The van der Waals surface area contributed by atoms with Gasteiger partial charge in [0.2, 0.25) is 10.0 Å². The predicted molar refractivity (Wildman–Crippen MR) is 137 cm³/mol. The van der Waals surface area contributed by atoms with Crippen molar-refractivity contribution in [2.45, 2.75) is 36.4 Å². The van der Waals surface area contributed by atoms with Crippen LogP contribution in [0.1, 0.15) is 19.8 Å². The monoisotopic (exact) mass is 576 g/mol. The number of amides is 1. The van der Waals surface area contributed by atoms with Crippen molar-refractivity contribution in [1.82, 2.24) is 9.62 Å². The fraction of sp³-hybridized carbons (Fsp3) is 0.375. The minimum absolute atomic E-state index is 0.00170. The van der Waals surface area contributed by atoms with Gasteiger partial charge >= 0.3 is 0 Å². The van der Waals surface area contributed by atoms with Gasteiger partial charge in [-0.1, -0.05) is 23.7 Å². The zero-order valence-electron chi connectivity index (χ0n) is 20.4. The molecular weight excluding hydrogens is 550 g/mol. The molecule has 1 heterocycles. The summed E-state index contributed by atoms with van der Waals surface area (Å²) in [5.41, 5.74) is -2.48. The van der Waals surface area contributed by atoms with Gasteiger partial charge in [-0.25, -0.2) is 25.6 Å². The van der Waals surface area contributed by atoms with E-state index in [1.54, 1.807) is 0 Å². The first kappa shape index (κ1) is 29.0. The van der Waals surface area contributed by atoms with E-state index in [2.05, 4.69) is 5.32 Å². The van der Waals surface area contributed by atoms with Gasteiger partial charge in [-0.3, -0.25) is 4.79 Å². The summed E-state index contributed by atoms with van der Waals surface area (Å²) in [5.74, 6) is -1.40. The van der Waals surface area contributed by atoms with E-state index in [-0.39, 0.29) is 39.9 Å². The van der Waals surface area contributed by atoms with Gasteiger partial charge in [-0.05, 0) is 37.3 Å². The van der Waals surface area contributed by atoms with Crippen molar-refractivity contribution >= 4 is 37.4 Å². The smallest absolute Gasteiger partial charge is 0.258 e. The van der Waals surface area contributed by atoms with E-state index < -0.39 is 56.1 Å². The Morgan fingerprint density at radius 3 is 2.41 bits per heavy atom. The standard InChI is InChI=1S/C24H27ClF2N2O6S2/c1-16(9-14-36(3,31)32)28-23(30)24(27)10-12-29(13-11-24)37(33,34)21-8-7-17(35-2)15-18(21)22-19(25)5-4-6-20(22)26/h4-9,14-16H,10-13H2,1-3H3,(H,28,30)/b14-9-/t16-/m1/s1. The molecule has 37 heavy (non-hydrogen) atoms. The molecule has 3 rings (SSSR count). The van der Waals surface area contributed by atoms with E-state index in [0.29, 0.717) is 0 Å². The Morgan fingerprint density at radius 1 is 1.19 bits per heavy atom. The second-order valence-corrected chi connectivity index (χ2v) is 13.0. The van der Waals surface area contributed by atoms with E-state index in [1.807, 2.05) is 0 Å². The SMILES string of the molecule is COc1ccc(S(=O)(=O)N2CCC(F)(C(=O)N[C@H](C)/C=C\S(C)(=O)=O)CC2)c(-c2c(F)cccc2Cl)c1. The van der Waals surface area contributed by atoms with Gasteiger partial charge in [0.15, 0.2) is 15.5 Å². The Kier molecular flexibility index (Phi) is 8.68. The highest BCUT2D eigenvalue weighted by atomic mass is 35.5. The minimum atomic E-state index is -4.25. The van der Waals surface area contributed by atoms with Crippen LogP contribution in [0.25, 0.3) is 11.1 Å². The van der Waals surface area contributed by atoms with Gasteiger partial charge in [-0.2, -0.15) is 4.31 Å². The Hall–Kier alpha value is -2.54. The molecule has 0 unspecified atom stereocenters. The molecule has 0 aliphatic carbocycles. The van der Waals surface area contributed by atoms with Crippen LogP contribution in [0.3, 0.4) is 0 Å². The van der Waals surface area contributed by atoms with Crippen LogP contribution in [0.15, 0.2) is 52.8 Å². The summed E-state index contributed by atoms with van der Waals surface area (Å²) in [7, 11) is -6.28. The van der Waals surface area contributed by atoms with Crippen molar-refractivity contribution in [3.05, 3.63) is 58.7 Å². The second-order valence-electron chi connectivity index (χ2n) is 8.75. The summed E-state index contributed by atoms with van der Waals surface area (Å²) in [5, 5.41) is 3.31. The van der Waals surface area contributed by atoms with Crippen molar-refractivity contribution < 1.29 is 35.1 Å². The maximum atomic E-state index is 15.5. The highest BCUT2D eigenvalue weighted by Gasteiger charge is 2.45. The number of carbonyl (C=O) groups excluding carboxylic acids is 1. The first-order valence-corrected chi connectivity index (χ1v) is 15.0. The van der Waals surface area contributed by atoms with E-state index in [1.165, 1.54) is 50.4 Å². The predicted octanol–water partition coefficient (Wildman–Crippen LogP) is 3.71. The van der Waals surface area contributed by atoms with Crippen LogP contribution in [0.2, 0.25) is 5.02 Å². The summed E-state index contributed by atoms with van der Waals surface area (Å²) in [4.78, 5) is 12.3. The molecule has 2 aromatic rings. The summed E-state index contributed by atoms with van der Waals surface area (Å²) < 4.78 is 86.0. The number of nitrogens with zero attached hydrogens (tertiary/aromatic N) is 1. The van der Waals surface area contributed by atoms with Crippen molar-refractivity contribution in [1.29, 1.82) is 0 Å². The zero-order chi connectivity index (χ0) is 27.6. The lowest BCUT2D eigenvalue weighted by molar-refractivity contribution is -0.135. The highest BCUT2D eigenvalue weighted by Crippen LogP contribution is 2.39. The Labute approximate surface area is 220 Å². The number of nitrogens with one attached hydrogen (secondary N) is 1. The van der Waals surface area contributed by atoms with Gasteiger partial charge in [0, 0.05) is 54.8 Å². The number of hydrogen-bond donors (Lipinski definition) is 1. The van der Waals surface area contributed by atoms with E-state index in [0.717, 1.165) is 22.0 Å². The Balaban J connectivity index is 1.85. The molecule has 13 heteroatoms. The quantitative estimate of drug-likeness (QED) is 0.513. The number of rotatable bonds is 8. The summed E-state index contributed by atoms with van der Waals surface area (Å²) >= 11 is 6.21. The molecule has 202 valence electrons. The van der Waals surface area contributed by atoms with E-state index >= 15 is 4.39 Å². The zero-order valence-corrected chi connectivity index (χ0v) is 22.8. The molecular formula is C24H27ClF2N2O6S2. The maximum Gasteiger partial charge on any atom is 0.258 e. The summed E-state index contributed by atoms with van der Waals surface area (Å²) in [6, 6.07) is 7.26. The molecule has 1 N–H and O–H groups in total. The van der Waals surface area contributed by atoms with E-state index in [9.17, 15) is 26.0 Å². The van der Waals surface area contributed by atoms with Crippen molar-refractivity contribution in [2.24, 2.45) is 0 Å². The van der Waals surface area contributed by atoms with Gasteiger partial charge < -0.3 is 10.1 Å². The number of carbonyl (C=O) groups is 1. The van der Waals surface area contributed by atoms with Crippen LogP contribution in [0.4, 0.5) is 8.78 Å². The van der Waals surface area contributed by atoms with Crippen LogP contribution in [0.5, 0.6) is 5.75 Å². The molecule has 0 bridgehead atoms. The summed E-state index contributed by atoms with van der Waals surface area (Å²) in [6.45, 7) is 0.869. The third-order valence-electron chi connectivity index (χ3n) is 5.93. The van der Waals surface area contributed by atoms with Gasteiger partial charge in [0.1, 0.15) is 11.6 Å². The van der Waals surface area contributed by atoms with Crippen LogP contribution in [0, 0.1) is 5.82 Å². The molecule has 0 radical (unpaired) electrons. The second kappa shape index (κ2) is 11.1. The number of methoxy groups -OCH3 is 1. The van der Waals surface area contributed by atoms with Crippen LogP contribution < -0.4 is 10.1 Å². The van der Waals surface area contributed by atoms with Gasteiger partial charge in [0.25, 0.3) is 5.91 Å². The molecule has 1 amide bonds. The lowest BCUT2D eigenvalue weighted by Gasteiger charge is -2.35. The molecule has 1 aliphatic rings. The van der Waals surface area contributed by atoms with Crippen molar-refractivity contribution in [2.75, 3.05) is 26.5 Å². The molecule has 1 fully saturated rings. The minimum Gasteiger partial charge on any atom is -0.497 e. The fourth-order valence-corrected chi connectivity index (χ4v) is 6.31. The molecule has 8 nitrogen and oxygen atoms in total.